The molecule has 3 N–H and O–H groups in total. The molecule has 1 saturated heterocycles. The number of hydrogen-bond donors (Lipinski definition) is 3. The number of rotatable bonds is 3. The van der Waals surface area contributed by atoms with Gasteiger partial charge in [0.1, 0.15) is 18.0 Å². The first-order valence-electron chi connectivity index (χ1n) is 6.98. The van der Waals surface area contributed by atoms with Gasteiger partial charge in [0.25, 0.3) is 0 Å². The molecule has 3 rings (SSSR count). The van der Waals surface area contributed by atoms with Crippen LogP contribution in [0, 0.1) is 0 Å². The summed E-state index contributed by atoms with van der Waals surface area (Å²) >= 11 is 1.29. The van der Waals surface area contributed by atoms with Gasteiger partial charge < -0.3 is 20.1 Å². The third-order valence-corrected chi connectivity index (χ3v) is 4.77. The first-order valence-corrected chi connectivity index (χ1v) is 8.03. The number of nitrogens with zero attached hydrogens (tertiary/aromatic N) is 1. The van der Waals surface area contributed by atoms with E-state index in [1.165, 1.54) is 11.8 Å². The first kappa shape index (κ1) is 15.3. The quantitative estimate of drug-likeness (QED) is 0.791. The minimum absolute atomic E-state index is 0.325. The zero-order chi connectivity index (χ0) is 15.5. The smallest absolute Gasteiger partial charge is 0.173 e. The summed E-state index contributed by atoms with van der Waals surface area (Å²) in [7, 11) is 0. The van der Waals surface area contributed by atoms with Crippen LogP contribution in [-0.2, 0) is 0 Å². The second-order valence-electron chi connectivity index (χ2n) is 5.14. The van der Waals surface area contributed by atoms with Crippen molar-refractivity contribution in [3.8, 4) is 16.9 Å². The third-order valence-electron chi connectivity index (χ3n) is 3.54. The lowest BCUT2D eigenvalue weighted by Gasteiger charge is -2.34. The number of benzene rings is 1. The van der Waals surface area contributed by atoms with Crippen molar-refractivity contribution in [1.82, 2.24) is 4.98 Å². The second kappa shape index (κ2) is 6.66. The maximum absolute atomic E-state index is 9.99. The van der Waals surface area contributed by atoms with E-state index in [2.05, 4.69) is 4.98 Å². The Balaban J connectivity index is 1.76. The molecule has 0 saturated carbocycles. The lowest BCUT2D eigenvalue weighted by atomic mass is 10.1. The van der Waals surface area contributed by atoms with Crippen molar-refractivity contribution in [2.75, 3.05) is 5.75 Å². The van der Waals surface area contributed by atoms with Gasteiger partial charge in [0, 0.05) is 23.7 Å². The van der Waals surface area contributed by atoms with Gasteiger partial charge in [0.2, 0.25) is 0 Å². The molecule has 116 valence electrons. The van der Waals surface area contributed by atoms with Crippen LogP contribution in [0.2, 0.25) is 0 Å². The highest BCUT2D eigenvalue weighted by Crippen LogP contribution is 2.30. The molecular weight excluding hydrogens is 302 g/mol. The minimum Gasteiger partial charge on any atom is -0.477 e. The number of thioether (sulfide) groups is 1. The van der Waals surface area contributed by atoms with E-state index in [4.69, 9.17) is 4.74 Å². The SMILES string of the molecule is O[C@@H]1[C@@H](O)[C@H](Oc2cccc(-c3cccnc3)c2)SC[C@H]1O. The Hall–Kier alpha value is -1.60. The topological polar surface area (TPSA) is 82.8 Å². The van der Waals surface area contributed by atoms with Crippen LogP contribution < -0.4 is 4.74 Å². The zero-order valence-corrected chi connectivity index (χ0v) is 12.6. The van der Waals surface area contributed by atoms with Crippen LogP contribution in [0.5, 0.6) is 5.75 Å². The normalized spacial score (nSPS) is 28.3. The molecule has 22 heavy (non-hydrogen) atoms. The summed E-state index contributed by atoms with van der Waals surface area (Å²) in [6.07, 6.45) is 0.236. The highest BCUT2D eigenvalue weighted by molar-refractivity contribution is 7.99. The van der Waals surface area contributed by atoms with Crippen LogP contribution in [0.15, 0.2) is 48.8 Å². The van der Waals surface area contributed by atoms with Crippen molar-refractivity contribution in [3.05, 3.63) is 48.8 Å². The monoisotopic (exact) mass is 319 g/mol. The first-order chi connectivity index (χ1) is 10.6. The molecule has 0 amide bonds. The van der Waals surface area contributed by atoms with Crippen molar-refractivity contribution in [3.63, 3.8) is 0 Å². The average molecular weight is 319 g/mol. The lowest BCUT2D eigenvalue weighted by Crippen LogP contribution is -2.50. The number of pyridine rings is 1. The Bertz CT molecular complexity index is 625. The number of hydrogen-bond acceptors (Lipinski definition) is 6. The van der Waals surface area contributed by atoms with Gasteiger partial charge >= 0.3 is 0 Å². The fourth-order valence-electron chi connectivity index (χ4n) is 2.30. The predicted octanol–water partition coefficient (Wildman–Crippen LogP) is 1.28. The third kappa shape index (κ3) is 3.25. The Morgan fingerprint density at radius 3 is 2.64 bits per heavy atom. The van der Waals surface area contributed by atoms with Crippen LogP contribution in [-0.4, -0.2) is 49.8 Å². The maximum Gasteiger partial charge on any atom is 0.173 e. The van der Waals surface area contributed by atoms with E-state index in [9.17, 15) is 15.3 Å². The molecule has 1 aromatic carbocycles. The Morgan fingerprint density at radius 1 is 1.05 bits per heavy atom. The highest BCUT2D eigenvalue weighted by atomic mass is 32.2. The molecule has 0 aliphatic carbocycles. The van der Waals surface area contributed by atoms with Gasteiger partial charge in [-0.1, -0.05) is 18.2 Å². The van der Waals surface area contributed by atoms with Crippen molar-refractivity contribution in [2.24, 2.45) is 0 Å². The summed E-state index contributed by atoms with van der Waals surface area (Å²) in [5.74, 6) is 0.923. The molecule has 1 aromatic heterocycles. The van der Waals surface area contributed by atoms with E-state index >= 15 is 0 Å². The Labute approximate surface area is 132 Å². The molecule has 0 bridgehead atoms. The van der Waals surface area contributed by atoms with Crippen molar-refractivity contribution in [2.45, 2.75) is 23.7 Å². The minimum atomic E-state index is -1.19. The number of aromatic nitrogens is 1. The summed E-state index contributed by atoms with van der Waals surface area (Å²) in [4.78, 5) is 4.09. The van der Waals surface area contributed by atoms with Gasteiger partial charge in [-0.25, -0.2) is 0 Å². The molecule has 0 unspecified atom stereocenters. The van der Waals surface area contributed by atoms with E-state index in [-0.39, 0.29) is 0 Å². The van der Waals surface area contributed by atoms with Crippen molar-refractivity contribution >= 4 is 11.8 Å². The highest BCUT2D eigenvalue weighted by Gasteiger charge is 2.38. The molecule has 0 radical (unpaired) electrons. The number of ether oxygens (including phenoxy) is 1. The number of aliphatic hydroxyl groups excluding tert-OH is 3. The van der Waals surface area contributed by atoms with E-state index in [0.29, 0.717) is 11.5 Å². The Morgan fingerprint density at radius 2 is 1.86 bits per heavy atom. The summed E-state index contributed by atoms with van der Waals surface area (Å²) < 4.78 is 5.77. The van der Waals surface area contributed by atoms with Gasteiger partial charge in [0.15, 0.2) is 5.44 Å². The van der Waals surface area contributed by atoms with Crippen LogP contribution in [0.4, 0.5) is 0 Å². The fourth-order valence-corrected chi connectivity index (χ4v) is 3.42. The van der Waals surface area contributed by atoms with Crippen LogP contribution >= 0.6 is 11.8 Å². The predicted molar refractivity (Wildman–Crippen MR) is 84.6 cm³/mol. The zero-order valence-electron chi connectivity index (χ0n) is 11.7. The molecule has 6 heteroatoms. The van der Waals surface area contributed by atoms with E-state index in [0.717, 1.165) is 11.1 Å². The van der Waals surface area contributed by atoms with Crippen LogP contribution in [0.3, 0.4) is 0 Å². The van der Waals surface area contributed by atoms with Crippen LogP contribution in [0.25, 0.3) is 11.1 Å². The van der Waals surface area contributed by atoms with E-state index in [1.54, 1.807) is 18.5 Å². The molecule has 2 heterocycles. The average Bonchev–Trinajstić information content (AvgIpc) is 2.57. The second-order valence-corrected chi connectivity index (χ2v) is 6.27. The molecule has 1 aliphatic rings. The summed E-state index contributed by atoms with van der Waals surface area (Å²) in [6, 6.07) is 11.3. The molecule has 2 aromatic rings. The molecule has 0 spiro atoms. The Kier molecular flexibility index (Phi) is 4.63. The van der Waals surface area contributed by atoms with Gasteiger partial charge in [-0.3, -0.25) is 4.98 Å². The summed E-state index contributed by atoms with van der Waals surface area (Å²) in [6.45, 7) is 0. The van der Waals surface area contributed by atoms with E-state index < -0.39 is 23.7 Å². The standard InChI is InChI=1S/C16H17NO4S/c18-13-9-22-16(15(20)14(13)19)21-12-5-1-3-10(7-12)11-4-2-6-17-8-11/h1-8,13-16,18-20H,9H2/t13-,14+,15-,16-/m1/s1. The number of aliphatic hydroxyl groups is 3. The van der Waals surface area contributed by atoms with Gasteiger partial charge in [-0.05, 0) is 23.8 Å². The lowest BCUT2D eigenvalue weighted by molar-refractivity contribution is -0.0786. The summed E-state index contributed by atoms with van der Waals surface area (Å²) in [5, 5.41) is 29.2. The fraction of sp³-hybridized carbons (Fsp3) is 0.312. The molecule has 1 aliphatic heterocycles. The maximum atomic E-state index is 9.99. The van der Waals surface area contributed by atoms with Crippen molar-refractivity contribution < 1.29 is 20.1 Å². The molecule has 1 fully saturated rings. The van der Waals surface area contributed by atoms with Gasteiger partial charge in [0.05, 0.1) is 6.10 Å². The molecule has 5 nitrogen and oxygen atoms in total. The van der Waals surface area contributed by atoms with E-state index in [1.807, 2.05) is 30.3 Å². The largest absolute Gasteiger partial charge is 0.477 e. The van der Waals surface area contributed by atoms with Crippen LogP contribution in [0.1, 0.15) is 0 Å². The van der Waals surface area contributed by atoms with Gasteiger partial charge in [-0.15, -0.1) is 11.8 Å². The summed E-state index contributed by atoms with van der Waals surface area (Å²) in [5.41, 5.74) is 1.32. The molecule has 4 atom stereocenters. The van der Waals surface area contributed by atoms with Crippen molar-refractivity contribution in [1.29, 1.82) is 0 Å². The van der Waals surface area contributed by atoms with Gasteiger partial charge in [-0.2, -0.15) is 0 Å². The molecular formula is C16H17NO4S.